The van der Waals surface area contributed by atoms with Crippen molar-refractivity contribution < 1.29 is 9.18 Å². The van der Waals surface area contributed by atoms with E-state index in [9.17, 15) is 9.18 Å². The quantitative estimate of drug-likeness (QED) is 0.877. The van der Waals surface area contributed by atoms with E-state index < -0.39 is 0 Å². The zero-order chi connectivity index (χ0) is 15.4. The topological polar surface area (TPSA) is 29.1 Å². The number of hydrogen-bond acceptors (Lipinski definition) is 1. The molecule has 0 radical (unpaired) electrons. The second kappa shape index (κ2) is 6.85. The van der Waals surface area contributed by atoms with E-state index in [1.807, 2.05) is 26.0 Å². The number of halogens is 2. The Labute approximate surface area is 132 Å². The Hall–Kier alpha value is -1.68. The fourth-order valence-corrected chi connectivity index (χ4v) is 2.55. The van der Waals surface area contributed by atoms with E-state index in [1.54, 1.807) is 18.2 Å². The first-order valence-electron chi connectivity index (χ1n) is 6.78. The minimum atomic E-state index is -0.250. The van der Waals surface area contributed by atoms with Crippen molar-refractivity contribution in [2.75, 3.05) is 0 Å². The van der Waals surface area contributed by atoms with Crippen LogP contribution in [0.25, 0.3) is 0 Å². The average molecular weight is 350 g/mol. The van der Waals surface area contributed by atoms with Gasteiger partial charge in [0.05, 0.1) is 0 Å². The summed E-state index contributed by atoms with van der Waals surface area (Å²) in [6, 6.07) is 11.9. The maximum absolute atomic E-state index is 12.9. The van der Waals surface area contributed by atoms with Crippen LogP contribution in [0.5, 0.6) is 0 Å². The lowest BCUT2D eigenvalue weighted by Crippen LogP contribution is -2.34. The molecule has 0 aliphatic heterocycles. The number of carbonyl (C=O) groups is 1. The molecule has 1 N–H and O–H groups in total. The lowest BCUT2D eigenvalue weighted by molar-refractivity contribution is 0.0939. The molecule has 0 heterocycles. The largest absolute Gasteiger partial charge is 0.349 e. The number of amides is 1. The number of benzene rings is 2. The fraction of sp³-hybridized carbons (Fsp3) is 0.235. The second-order valence-electron chi connectivity index (χ2n) is 5.12. The summed E-state index contributed by atoms with van der Waals surface area (Å²) in [7, 11) is 0. The highest BCUT2D eigenvalue weighted by Crippen LogP contribution is 2.19. The average Bonchev–Trinajstić information content (AvgIpc) is 2.44. The molecule has 0 aliphatic carbocycles. The van der Waals surface area contributed by atoms with Crippen LogP contribution >= 0.6 is 15.9 Å². The third-order valence-corrected chi connectivity index (χ3v) is 4.20. The molecule has 0 fully saturated rings. The van der Waals surface area contributed by atoms with Crippen LogP contribution in [0.4, 0.5) is 4.39 Å². The van der Waals surface area contributed by atoms with E-state index in [0.29, 0.717) is 12.0 Å². The molecule has 2 aromatic carbocycles. The molecule has 1 unspecified atom stereocenters. The molecule has 0 aliphatic rings. The van der Waals surface area contributed by atoms with Gasteiger partial charge in [0.1, 0.15) is 5.82 Å². The first-order valence-corrected chi connectivity index (χ1v) is 7.57. The van der Waals surface area contributed by atoms with Gasteiger partial charge in [-0.05, 0) is 55.7 Å². The molecule has 1 atom stereocenters. The zero-order valence-electron chi connectivity index (χ0n) is 12.0. The molecule has 2 nitrogen and oxygen atoms in total. The highest BCUT2D eigenvalue weighted by molar-refractivity contribution is 9.10. The highest BCUT2D eigenvalue weighted by Gasteiger charge is 2.13. The Bertz CT molecular complexity index is 640. The first kappa shape index (κ1) is 15.7. The third-order valence-electron chi connectivity index (χ3n) is 3.34. The van der Waals surface area contributed by atoms with E-state index >= 15 is 0 Å². The van der Waals surface area contributed by atoms with Gasteiger partial charge in [-0.1, -0.05) is 34.1 Å². The van der Waals surface area contributed by atoms with Crippen molar-refractivity contribution in [3.63, 3.8) is 0 Å². The number of rotatable bonds is 4. The maximum atomic E-state index is 12.9. The fourth-order valence-electron chi connectivity index (χ4n) is 2.18. The second-order valence-corrected chi connectivity index (χ2v) is 5.97. The maximum Gasteiger partial charge on any atom is 0.251 e. The predicted octanol–water partition coefficient (Wildman–Crippen LogP) is 4.26. The van der Waals surface area contributed by atoms with E-state index in [2.05, 4.69) is 21.2 Å². The minimum Gasteiger partial charge on any atom is -0.349 e. The van der Waals surface area contributed by atoms with E-state index in [4.69, 9.17) is 0 Å². The van der Waals surface area contributed by atoms with Gasteiger partial charge in [0.2, 0.25) is 0 Å². The van der Waals surface area contributed by atoms with Gasteiger partial charge < -0.3 is 5.32 Å². The van der Waals surface area contributed by atoms with Crippen molar-refractivity contribution in [3.8, 4) is 0 Å². The standard InChI is InChI=1S/C17H17BrFNO/c1-11(10-13-6-8-14(19)9-7-13)20-17(21)15-4-3-5-16(18)12(15)2/h3-9,11H,10H2,1-2H3,(H,20,21). The summed E-state index contributed by atoms with van der Waals surface area (Å²) in [5.41, 5.74) is 2.58. The van der Waals surface area contributed by atoms with Crippen molar-refractivity contribution in [2.24, 2.45) is 0 Å². The Morgan fingerprint density at radius 1 is 1.24 bits per heavy atom. The zero-order valence-corrected chi connectivity index (χ0v) is 13.6. The van der Waals surface area contributed by atoms with Gasteiger partial charge in [0.15, 0.2) is 0 Å². The van der Waals surface area contributed by atoms with Gasteiger partial charge >= 0.3 is 0 Å². The summed E-state index contributed by atoms with van der Waals surface area (Å²) in [4.78, 5) is 12.3. The lowest BCUT2D eigenvalue weighted by atomic mass is 10.1. The molecule has 4 heteroatoms. The van der Waals surface area contributed by atoms with Crippen molar-refractivity contribution in [2.45, 2.75) is 26.3 Å². The molecule has 0 aromatic heterocycles. The molecule has 0 saturated heterocycles. The number of nitrogens with one attached hydrogen (secondary N) is 1. The summed E-state index contributed by atoms with van der Waals surface area (Å²) in [6.07, 6.45) is 0.666. The van der Waals surface area contributed by atoms with Crippen LogP contribution in [0.3, 0.4) is 0 Å². The minimum absolute atomic E-state index is 0.0265. The lowest BCUT2D eigenvalue weighted by Gasteiger charge is -2.15. The molecule has 110 valence electrons. The van der Waals surface area contributed by atoms with Gasteiger partial charge in [0.25, 0.3) is 5.91 Å². The Morgan fingerprint density at radius 2 is 1.90 bits per heavy atom. The van der Waals surface area contributed by atoms with Gasteiger partial charge in [-0.2, -0.15) is 0 Å². The van der Waals surface area contributed by atoms with Gasteiger partial charge in [-0.15, -0.1) is 0 Å². The summed E-state index contributed by atoms with van der Waals surface area (Å²) in [5, 5.41) is 2.97. The first-order chi connectivity index (χ1) is 9.97. The summed E-state index contributed by atoms with van der Waals surface area (Å²) >= 11 is 3.43. The van der Waals surface area contributed by atoms with Crippen molar-refractivity contribution >= 4 is 21.8 Å². The van der Waals surface area contributed by atoms with Crippen molar-refractivity contribution in [1.82, 2.24) is 5.32 Å². The molecule has 0 bridgehead atoms. The van der Waals surface area contributed by atoms with Gasteiger partial charge in [0, 0.05) is 16.1 Å². The molecular weight excluding hydrogens is 333 g/mol. The molecular formula is C17H17BrFNO. The molecule has 0 spiro atoms. The van der Waals surface area contributed by atoms with Crippen LogP contribution in [-0.2, 0) is 6.42 Å². The van der Waals surface area contributed by atoms with Crippen LogP contribution in [0.15, 0.2) is 46.9 Å². The Balaban J connectivity index is 2.02. The highest BCUT2D eigenvalue weighted by atomic mass is 79.9. The summed E-state index contributed by atoms with van der Waals surface area (Å²) in [5.74, 6) is -0.344. The SMILES string of the molecule is Cc1c(Br)cccc1C(=O)NC(C)Cc1ccc(F)cc1. The molecule has 0 saturated carbocycles. The molecule has 1 amide bonds. The summed E-state index contributed by atoms with van der Waals surface area (Å²) in [6.45, 7) is 3.85. The van der Waals surface area contributed by atoms with Crippen molar-refractivity contribution in [3.05, 3.63) is 69.4 Å². The van der Waals surface area contributed by atoms with Crippen LogP contribution in [0.2, 0.25) is 0 Å². The number of hydrogen-bond donors (Lipinski definition) is 1. The van der Waals surface area contributed by atoms with Crippen molar-refractivity contribution in [1.29, 1.82) is 0 Å². The van der Waals surface area contributed by atoms with E-state index in [1.165, 1.54) is 12.1 Å². The smallest absolute Gasteiger partial charge is 0.251 e. The Kier molecular flexibility index (Phi) is 5.12. The van der Waals surface area contributed by atoms with Crippen LogP contribution in [0.1, 0.15) is 28.4 Å². The van der Waals surface area contributed by atoms with E-state index in [-0.39, 0.29) is 17.8 Å². The molecule has 21 heavy (non-hydrogen) atoms. The Morgan fingerprint density at radius 3 is 2.57 bits per heavy atom. The molecule has 2 aromatic rings. The predicted molar refractivity (Wildman–Crippen MR) is 85.9 cm³/mol. The normalized spacial score (nSPS) is 12.0. The van der Waals surface area contributed by atoms with Gasteiger partial charge in [-0.3, -0.25) is 4.79 Å². The molecule has 2 rings (SSSR count). The van der Waals surface area contributed by atoms with Crippen LogP contribution < -0.4 is 5.32 Å². The van der Waals surface area contributed by atoms with Crippen LogP contribution in [0, 0.1) is 12.7 Å². The summed E-state index contributed by atoms with van der Waals surface area (Å²) < 4.78 is 13.8. The van der Waals surface area contributed by atoms with E-state index in [0.717, 1.165) is 15.6 Å². The van der Waals surface area contributed by atoms with Crippen LogP contribution in [-0.4, -0.2) is 11.9 Å². The number of carbonyl (C=O) groups excluding carboxylic acids is 1. The third kappa shape index (κ3) is 4.14. The van der Waals surface area contributed by atoms with Gasteiger partial charge in [-0.25, -0.2) is 4.39 Å². The monoisotopic (exact) mass is 349 g/mol.